The highest BCUT2D eigenvalue weighted by Gasteiger charge is 2.66. The number of hydrazine groups is 1. The molecule has 6 heteroatoms. The fourth-order valence-electron chi connectivity index (χ4n) is 5.17. The first-order chi connectivity index (χ1) is 14.0. The molecule has 30 heavy (non-hydrogen) atoms. The Kier molecular flexibility index (Phi) is 5.62. The van der Waals surface area contributed by atoms with E-state index in [4.69, 9.17) is 10.6 Å². The van der Waals surface area contributed by atoms with Gasteiger partial charge in [-0.05, 0) is 49.2 Å². The maximum Gasteiger partial charge on any atom is 0.269 e. The average Bonchev–Trinajstić information content (AvgIpc) is 2.71. The third-order valence-corrected chi connectivity index (χ3v) is 6.26. The van der Waals surface area contributed by atoms with Crippen LogP contribution in [0.5, 0.6) is 5.75 Å². The Morgan fingerprint density at radius 2 is 1.90 bits per heavy atom. The number of aryl methyl sites for hydroxylation is 2. The molecule has 3 rings (SSSR count). The number of hydrogen-bond acceptors (Lipinski definition) is 5. The van der Waals surface area contributed by atoms with Gasteiger partial charge in [0.05, 0.1) is 23.2 Å². The van der Waals surface area contributed by atoms with Crippen LogP contribution in [0.15, 0.2) is 36.5 Å². The molecule has 6 nitrogen and oxygen atoms in total. The summed E-state index contributed by atoms with van der Waals surface area (Å²) in [5.74, 6) is 6.83. The molecule has 1 saturated carbocycles. The zero-order valence-electron chi connectivity index (χ0n) is 18.6. The first-order valence-corrected chi connectivity index (χ1v) is 10.2. The van der Waals surface area contributed by atoms with Gasteiger partial charge in [0.1, 0.15) is 11.9 Å². The Labute approximate surface area is 178 Å². The smallest absolute Gasteiger partial charge is 0.269 e. The number of rotatable bonds is 5. The molecule has 1 fully saturated rings. The van der Waals surface area contributed by atoms with Crippen molar-refractivity contribution in [3.63, 3.8) is 0 Å². The van der Waals surface area contributed by atoms with Gasteiger partial charge in [0.15, 0.2) is 0 Å². The number of carbonyl (C=O) groups excluding carboxylic acids is 1. The van der Waals surface area contributed by atoms with Gasteiger partial charge in [-0.3, -0.25) is 14.8 Å². The minimum atomic E-state index is -0.369. The number of benzene rings is 1. The van der Waals surface area contributed by atoms with Crippen molar-refractivity contribution in [2.75, 3.05) is 0 Å². The normalized spacial score (nSPS) is 21.3. The molecule has 1 aromatic heterocycles. The van der Waals surface area contributed by atoms with Gasteiger partial charge in [0.25, 0.3) is 5.91 Å². The lowest BCUT2D eigenvalue weighted by molar-refractivity contribution is -0.199. The Morgan fingerprint density at radius 3 is 2.43 bits per heavy atom. The van der Waals surface area contributed by atoms with Crippen LogP contribution in [0, 0.1) is 29.1 Å². The molecule has 1 heterocycles. The molecule has 158 valence electrons. The number of hydrogen-bond donors (Lipinski definition) is 1. The summed E-state index contributed by atoms with van der Waals surface area (Å²) in [4.78, 5) is 17.2. The first kappa shape index (κ1) is 21.8. The summed E-state index contributed by atoms with van der Waals surface area (Å²) in [5, 5.41) is 10.6. The molecule has 0 atom stereocenters. The molecule has 0 aliphatic heterocycles. The molecule has 1 aliphatic carbocycles. The second kappa shape index (κ2) is 7.73. The van der Waals surface area contributed by atoms with Crippen LogP contribution < -0.4 is 10.6 Å². The standard InChI is InChI=1S/C24H30N4O2/c1-7-16-12-19(11-10-17(16)13-25)30-22-23(3,4)21(24(22,5)6)28(26)20(29)18-9-8-15(2)27-14-18/h8-12,14,21-22H,7,26H2,1-6H3. The van der Waals surface area contributed by atoms with E-state index in [-0.39, 0.29) is 28.9 Å². The molecule has 1 amide bonds. The summed E-state index contributed by atoms with van der Waals surface area (Å²) >= 11 is 0. The van der Waals surface area contributed by atoms with Crippen LogP contribution in [0.2, 0.25) is 0 Å². The van der Waals surface area contributed by atoms with Gasteiger partial charge in [-0.1, -0.05) is 34.6 Å². The predicted octanol–water partition coefficient (Wildman–Crippen LogP) is 4.02. The molecule has 1 aliphatic rings. The van der Waals surface area contributed by atoms with Crippen molar-refractivity contribution in [2.45, 2.75) is 60.1 Å². The van der Waals surface area contributed by atoms with Crippen molar-refractivity contribution < 1.29 is 9.53 Å². The molecule has 2 aromatic rings. The van der Waals surface area contributed by atoms with Crippen LogP contribution in [0.25, 0.3) is 0 Å². The van der Waals surface area contributed by atoms with E-state index < -0.39 is 0 Å². The summed E-state index contributed by atoms with van der Waals surface area (Å²) in [6, 6.07) is 11.1. The van der Waals surface area contributed by atoms with Gasteiger partial charge in [-0.2, -0.15) is 5.26 Å². The highest BCUT2D eigenvalue weighted by atomic mass is 16.5. The molecule has 0 bridgehead atoms. The van der Waals surface area contributed by atoms with E-state index in [2.05, 4.69) is 38.7 Å². The molecule has 1 aromatic carbocycles. The number of amides is 1. The van der Waals surface area contributed by atoms with E-state index in [1.165, 1.54) is 5.01 Å². The third kappa shape index (κ3) is 3.54. The van der Waals surface area contributed by atoms with Crippen LogP contribution >= 0.6 is 0 Å². The summed E-state index contributed by atoms with van der Waals surface area (Å²) in [7, 11) is 0. The van der Waals surface area contributed by atoms with Crippen molar-refractivity contribution in [1.29, 1.82) is 5.26 Å². The zero-order valence-corrected chi connectivity index (χ0v) is 18.6. The van der Waals surface area contributed by atoms with Gasteiger partial charge in [-0.15, -0.1) is 0 Å². The summed E-state index contributed by atoms with van der Waals surface area (Å²) in [6.07, 6.45) is 2.17. The molecule has 0 spiro atoms. The van der Waals surface area contributed by atoms with E-state index in [1.54, 1.807) is 24.4 Å². The van der Waals surface area contributed by atoms with E-state index in [0.717, 1.165) is 23.4 Å². The largest absolute Gasteiger partial charge is 0.489 e. The van der Waals surface area contributed by atoms with Crippen LogP contribution in [0.4, 0.5) is 0 Å². The topological polar surface area (TPSA) is 92.2 Å². The van der Waals surface area contributed by atoms with Crippen LogP contribution in [-0.4, -0.2) is 28.0 Å². The second-order valence-corrected chi connectivity index (χ2v) is 9.23. The van der Waals surface area contributed by atoms with Crippen LogP contribution in [0.3, 0.4) is 0 Å². The zero-order chi connectivity index (χ0) is 22.3. The maximum absolute atomic E-state index is 13.0. The number of carbonyl (C=O) groups is 1. The third-order valence-electron chi connectivity index (χ3n) is 6.26. The summed E-state index contributed by atoms with van der Waals surface area (Å²) < 4.78 is 6.39. The summed E-state index contributed by atoms with van der Waals surface area (Å²) in [6.45, 7) is 12.2. The molecule has 0 unspecified atom stereocenters. The van der Waals surface area contributed by atoms with E-state index in [1.807, 2.05) is 26.0 Å². The van der Waals surface area contributed by atoms with E-state index in [0.29, 0.717) is 11.1 Å². The molecular weight excluding hydrogens is 376 g/mol. The number of pyridine rings is 1. The Hall–Kier alpha value is -2.91. The van der Waals surface area contributed by atoms with Gasteiger partial charge in [-0.25, -0.2) is 5.84 Å². The quantitative estimate of drug-likeness (QED) is 0.460. The van der Waals surface area contributed by atoms with Crippen molar-refractivity contribution >= 4 is 5.91 Å². The second-order valence-electron chi connectivity index (χ2n) is 9.23. The number of ether oxygens (including phenoxy) is 1. The highest BCUT2D eigenvalue weighted by molar-refractivity contribution is 5.94. The predicted molar refractivity (Wildman–Crippen MR) is 116 cm³/mol. The average molecular weight is 407 g/mol. The van der Waals surface area contributed by atoms with Gasteiger partial charge in [0.2, 0.25) is 0 Å². The number of aromatic nitrogens is 1. The maximum atomic E-state index is 13.0. The van der Waals surface area contributed by atoms with Gasteiger partial charge in [0, 0.05) is 22.7 Å². The minimum Gasteiger partial charge on any atom is -0.489 e. The Balaban J connectivity index is 1.83. The first-order valence-electron chi connectivity index (χ1n) is 10.2. The number of nitriles is 1. The van der Waals surface area contributed by atoms with Crippen molar-refractivity contribution in [3.05, 3.63) is 58.9 Å². The lowest BCUT2D eigenvalue weighted by Crippen LogP contribution is -2.76. The Bertz CT molecular complexity index is 973. The Morgan fingerprint density at radius 1 is 1.23 bits per heavy atom. The molecule has 2 N–H and O–H groups in total. The SMILES string of the molecule is CCc1cc(OC2C(C)(C)C(N(N)C(=O)c3ccc(C)nc3)C2(C)C)ccc1C#N. The van der Waals surface area contributed by atoms with Crippen molar-refractivity contribution in [1.82, 2.24) is 9.99 Å². The van der Waals surface area contributed by atoms with E-state index in [9.17, 15) is 10.1 Å². The lowest BCUT2D eigenvalue weighted by atomic mass is 9.49. The van der Waals surface area contributed by atoms with Crippen LogP contribution in [-0.2, 0) is 6.42 Å². The lowest BCUT2D eigenvalue weighted by Gasteiger charge is -2.64. The van der Waals surface area contributed by atoms with Gasteiger partial charge >= 0.3 is 0 Å². The van der Waals surface area contributed by atoms with Crippen molar-refractivity contribution in [2.24, 2.45) is 16.7 Å². The monoisotopic (exact) mass is 406 g/mol. The van der Waals surface area contributed by atoms with Crippen LogP contribution in [0.1, 0.15) is 61.8 Å². The number of nitrogens with two attached hydrogens (primary N) is 1. The van der Waals surface area contributed by atoms with E-state index >= 15 is 0 Å². The summed E-state index contributed by atoms with van der Waals surface area (Å²) in [5.41, 5.74) is 2.21. The highest BCUT2D eigenvalue weighted by Crippen LogP contribution is 2.57. The van der Waals surface area contributed by atoms with Gasteiger partial charge < -0.3 is 4.74 Å². The minimum absolute atomic E-state index is 0.150. The molecular formula is C24H30N4O2. The fourth-order valence-corrected chi connectivity index (χ4v) is 5.17. The molecule has 0 saturated heterocycles. The van der Waals surface area contributed by atoms with Crippen molar-refractivity contribution in [3.8, 4) is 11.8 Å². The molecule has 0 radical (unpaired) electrons. The fraction of sp³-hybridized carbons (Fsp3) is 0.458. The number of nitrogens with zero attached hydrogens (tertiary/aromatic N) is 3.